The van der Waals surface area contributed by atoms with Gasteiger partial charge < -0.3 is 14.4 Å². The first-order valence-electron chi connectivity index (χ1n) is 8.30. The minimum absolute atomic E-state index is 0.0111. The van der Waals surface area contributed by atoms with Gasteiger partial charge in [0.1, 0.15) is 12.8 Å². The van der Waals surface area contributed by atoms with Gasteiger partial charge in [0.05, 0.1) is 13.2 Å². The molecule has 0 N–H and O–H groups in total. The zero-order valence-electron chi connectivity index (χ0n) is 14.1. The number of nitrogens with zero attached hydrogens (tertiary/aromatic N) is 1. The van der Waals surface area contributed by atoms with E-state index in [-0.39, 0.29) is 35.5 Å². The van der Waals surface area contributed by atoms with E-state index in [1.54, 1.807) is 4.90 Å². The van der Waals surface area contributed by atoms with E-state index >= 15 is 0 Å². The number of fused-ring (bicyclic) bond motifs is 2. The maximum atomic E-state index is 12.0. The average molecular weight is 309 g/mol. The Morgan fingerprint density at radius 2 is 2.05 bits per heavy atom. The van der Waals surface area contributed by atoms with Crippen LogP contribution in [0.3, 0.4) is 0 Å². The molecule has 124 valence electrons. The van der Waals surface area contributed by atoms with Crippen LogP contribution in [0.15, 0.2) is 0 Å². The van der Waals surface area contributed by atoms with Gasteiger partial charge in [-0.25, -0.2) is 4.79 Å². The van der Waals surface area contributed by atoms with E-state index in [1.165, 1.54) is 20.0 Å². The van der Waals surface area contributed by atoms with Gasteiger partial charge >= 0.3 is 5.97 Å². The molecule has 1 heterocycles. The minimum Gasteiger partial charge on any atom is -0.467 e. The van der Waals surface area contributed by atoms with E-state index in [0.29, 0.717) is 18.8 Å². The summed E-state index contributed by atoms with van der Waals surface area (Å²) < 4.78 is 11.0. The number of rotatable bonds is 4. The van der Waals surface area contributed by atoms with Crippen molar-refractivity contribution in [3.63, 3.8) is 0 Å². The topological polar surface area (TPSA) is 55.8 Å². The van der Waals surface area contributed by atoms with Crippen molar-refractivity contribution in [3.05, 3.63) is 0 Å². The summed E-state index contributed by atoms with van der Waals surface area (Å²) in [6, 6.07) is -0.475. The lowest BCUT2D eigenvalue weighted by molar-refractivity contribution is -0.157. The number of carbonyl (C=O) groups is 2. The molecule has 0 spiro atoms. The Morgan fingerprint density at radius 3 is 2.59 bits per heavy atom. The normalized spacial score (nSPS) is 39.5. The second-order valence-corrected chi connectivity index (χ2v) is 7.84. The third-order valence-electron chi connectivity index (χ3n) is 6.93. The highest BCUT2D eigenvalue weighted by molar-refractivity contribution is 5.88. The van der Waals surface area contributed by atoms with Crippen molar-refractivity contribution in [2.24, 2.45) is 16.7 Å². The molecule has 1 saturated heterocycles. The van der Waals surface area contributed by atoms with Gasteiger partial charge in [-0.15, -0.1) is 0 Å². The van der Waals surface area contributed by atoms with Crippen LogP contribution in [0.4, 0.5) is 0 Å². The Balaban J connectivity index is 1.66. The van der Waals surface area contributed by atoms with Crippen LogP contribution in [-0.2, 0) is 19.1 Å². The van der Waals surface area contributed by atoms with E-state index in [9.17, 15) is 9.59 Å². The van der Waals surface area contributed by atoms with E-state index in [4.69, 9.17) is 9.47 Å². The molecule has 0 aromatic heterocycles. The Bertz CT molecular complexity index is 489. The number of esters is 1. The third kappa shape index (κ3) is 2.08. The first-order chi connectivity index (χ1) is 10.3. The average Bonchev–Trinajstić information content (AvgIpc) is 3.01. The summed E-state index contributed by atoms with van der Waals surface area (Å²) in [5.41, 5.74) is 0.454. The van der Waals surface area contributed by atoms with Gasteiger partial charge in [0, 0.05) is 6.42 Å². The Kier molecular flexibility index (Phi) is 3.75. The van der Waals surface area contributed by atoms with Crippen molar-refractivity contribution in [3.8, 4) is 0 Å². The maximum Gasteiger partial charge on any atom is 0.328 e. The standard InChI is InChI=1S/C17H27NO4/c1-16(2)11-7-8-17(16,3)13(9-11)22-10-18-12(15(20)21-4)5-6-14(18)19/h11-13H,5-10H2,1-4H3/t11-,12+,13+,17+/m0/s1. The van der Waals surface area contributed by atoms with Crippen LogP contribution in [0.5, 0.6) is 0 Å². The number of likely N-dealkylation sites (tertiary alicyclic amines) is 1. The van der Waals surface area contributed by atoms with Gasteiger partial charge in [-0.2, -0.15) is 0 Å². The molecule has 0 radical (unpaired) electrons. The Hall–Kier alpha value is -1.10. The summed E-state index contributed by atoms with van der Waals surface area (Å²) in [6.07, 6.45) is 4.63. The number of hydrogen-bond acceptors (Lipinski definition) is 4. The Morgan fingerprint density at radius 1 is 1.32 bits per heavy atom. The van der Waals surface area contributed by atoms with Gasteiger partial charge in [0.2, 0.25) is 5.91 Å². The monoisotopic (exact) mass is 309 g/mol. The maximum absolute atomic E-state index is 12.0. The minimum atomic E-state index is -0.475. The third-order valence-corrected chi connectivity index (χ3v) is 6.93. The van der Waals surface area contributed by atoms with Crippen molar-refractivity contribution in [1.29, 1.82) is 0 Å². The van der Waals surface area contributed by atoms with E-state index in [2.05, 4.69) is 20.8 Å². The molecule has 1 aliphatic heterocycles. The van der Waals surface area contributed by atoms with Crippen LogP contribution < -0.4 is 0 Å². The second kappa shape index (κ2) is 5.22. The van der Waals surface area contributed by atoms with Crippen LogP contribution >= 0.6 is 0 Å². The fourth-order valence-electron chi connectivity index (χ4n) is 4.83. The smallest absolute Gasteiger partial charge is 0.328 e. The van der Waals surface area contributed by atoms with Crippen molar-refractivity contribution in [1.82, 2.24) is 4.90 Å². The zero-order chi connectivity index (χ0) is 16.1. The van der Waals surface area contributed by atoms with Crippen LogP contribution in [-0.4, -0.2) is 42.8 Å². The highest BCUT2D eigenvalue weighted by Crippen LogP contribution is 2.66. The molecule has 3 rings (SSSR count). The zero-order valence-corrected chi connectivity index (χ0v) is 14.1. The number of carbonyl (C=O) groups excluding carboxylic acids is 2. The summed E-state index contributed by atoms with van der Waals surface area (Å²) in [7, 11) is 1.36. The molecule has 2 saturated carbocycles. The predicted octanol–water partition coefficient (Wildman–Crippen LogP) is 2.34. The molecule has 4 atom stereocenters. The molecule has 5 nitrogen and oxygen atoms in total. The van der Waals surface area contributed by atoms with Crippen molar-refractivity contribution in [2.45, 2.75) is 65.0 Å². The molecule has 3 aliphatic rings. The van der Waals surface area contributed by atoms with Crippen LogP contribution in [0.1, 0.15) is 52.9 Å². The number of methoxy groups -OCH3 is 1. The van der Waals surface area contributed by atoms with Gasteiger partial charge in [-0.1, -0.05) is 20.8 Å². The molecule has 0 unspecified atom stereocenters. The molecular formula is C17H27NO4. The van der Waals surface area contributed by atoms with Crippen molar-refractivity contribution >= 4 is 11.9 Å². The lowest BCUT2D eigenvalue weighted by Crippen LogP contribution is -2.44. The summed E-state index contributed by atoms with van der Waals surface area (Å²) in [5.74, 6) is 0.352. The summed E-state index contributed by atoms with van der Waals surface area (Å²) in [6.45, 7) is 7.20. The summed E-state index contributed by atoms with van der Waals surface area (Å²) >= 11 is 0. The molecule has 0 aromatic carbocycles. The highest BCUT2D eigenvalue weighted by Gasteiger charge is 2.62. The Labute approximate surface area is 132 Å². The molecule has 5 heteroatoms. The van der Waals surface area contributed by atoms with E-state index < -0.39 is 6.04 Å². The predicted molar refractivity (Wildman–Crippen MR) is 80.9 cm³/mol. The molecule has 0 aromatic rings. The second-order valence-electron chi connectivity index (χ2n) is 7.84. The summed E-state index contributed by atoms with van der Waals surface area (Å²) in [4.78, 5) is 25.4. The fraction of sp³-hybridized carbons (Fsp3) is 0.882. The fourth-order valence-corrected chi connectivity index (χ4v) is 4.83. The lowest BCUT2D eigenvalue weighted by atomic mass is 9.70. The number of hydrogen-bond donors (Lipinski definition) is 0. The molecular weight excluding hydrogens is 282 g/mol. The largest absolute Gasteiger partial charge is 0.467 e. The molecule has 1 amide bonds. The van der Waals surface area contributed by atoms with Crippen LogP contribution in [0, 0.1) is 16.7 Å². The van der Waals surface area contributed by atoms with Crippen LogP contribution in [0.25, 0.3) is 0 Å². The van der Waals surface area contributed by atoms with E-state index in [1.807, 2.05) is 0 Å². The van der Waals surface area contributed by atoms with Gasteiger partial charge in [0.25, 0.3) is 0 Å². The lowest BCUT2D eigenvalue weighted by Gasteiger charge is -2.39. The van der Waals surface area contributed by atoms with E-state index in [0.717, 1.165) is 6.42 Å². The van der Waals surface area contributed by atoms with Crippen LogP contribution in [0.2, 0.25) is 0 Å². The van der Waals surface area contributed by atoms with Crippen molar-refractivity contribution in [2.75, 3.05) is 13.8 Å². The van der Waals surface area contributed by atoms with Gasteiger partial charge in [-0.05, 0) is 42.4 Å². The first kappa shape index (κ1) is 15.8. The molecule has 2 aliphatic carbocycles. The quantitative estimate of drug-likeness (QED) is 0.748. The first-order valence-corrected chi connectivity index (χ1v) is 8.30. The van der Waals surface area contributed by atoms with Gasteiger partial charge in [-0.3, -0.25) is 4.79 Å². The van der Waals surface area contributed by atoms with Crippen molar-refractivity contribution < 1.29 is 19.1 Å². The molecule has 22 heavy (non-hydrogen) atoms. The molecule has 2 bridgehead atoms. The highest BCUT2D eigenvalue weighted by atomic mass is 16.5. The number of ether oxygens (including phenoxy) is 2. The summed E-state index contributed by atoms with van der Waals surface area (Å²) in [5, 5.41) is 0. The molecule has 3 fully saturated rings. The SMILES string of the molecule is COC(=O)[C@H]1CCC(=O)N1CO[C@@H]1C[C@@H]2CC[C@@]1(C)C2(C)C. The van der Waals surface area contributed by atoms with Gasteiger partial charge in [0.15, 0.2) is 0 Å². The number of amides is 1.